The summed E-state index contributed by atoms with van der Waals surface area (Å²) in [6.45, 7) is 8.12. The molecule has 1 aromatic rings. The smallest absolute Gasteiger partial charge is 0.319 e. The number of nitrogens with zero attached hydrogens (tertiary/aromatic N) is 1. The Hall–Kier alpha value is -1.75. The minimum atomic E-state index is -0.113. The van der Waals surface area contributed by atoms with Crippen LogP contribution in [0.5, 0.6) is 5.75 Å². The predicted molar refractivity (Wildman–Crippen MR) is 101 cm³/mol. The van der Waals surface area contributed by atoms with Crippen molar-refractivity contribution in [1.29, 1.82) is 0 Å². The Bertz CT molecular complexity index is 601. The van der Waals surface area contributed by atoms with E-state index in [1.165, 1.54) is 12.8 Å². The highest BCUT2D eigenvalue weighted by molar-refractivity contribution is 5.90. The van der Waals surface area contributed by atoms with E-state index in [9.17, 15) is 4.79 Å². The number of urea groups is 1. The molecule has 1 saturated heterocycles. The van der Waals surface area contributed by atoms with Crippen molar-refractivity contribution in [2.45, 2.75) is 71.0 Å². The van der Waals surface area contributed by atoms with Gasteiger partial charge in [0.25, 0.3) is 0 Å². The number of hydrogen-bond donors (Lipinski definition) is 2. The van der Waals surface area contributed by atoms with Crippen molar-refractivity contribution in [2.75, 3.05) is 18.5 Å². The van der Waals surface area contributed by atoms with Gasteiger partial charge in [-0.1, -0.05) is 13.3 Å². The number of amides is 2. The van der Waals surface area contributed by atoms with Crippen molar-refractivity contribution < 1.29 is 9.53 Å². The summed E-state index contributed by atoms with van der Waals surface area (Å²) in [6.07, 6.45) is 5.84. The number of unbranched alkanes of at least 4 members (excludes halogenated alkanes) is 1. The van der Waals surface area contributed by atoms with Crippen molar-refractivity contribution in [2.24, 2.45) is 0 Å². The van der Waals surface area contributed by atoms with Crippen LogP contribution in [0.2, 0.25) is 0 Å². The molecule has 1 aromatic carbocycles. The van der Waals surface area contributed by atoms with Crippen LogP contribution in [-0.4, -0.2) is 42.2 Å². The maximum atomic E-state index is 12.3. The van der Waals surface area contributed by atoms with Crippen molar-refractivity contribution in [3.05, 3.63) is 23.8 Å². The molecule has 2 amide bonds. The van der Waals surface area contributed by atoms with E-state index in [-0.39, 0.29) is 12.1 Å². The zero-order chi connectivity index (χ0) is 17.8. The third-order valence-corrected chi connectivity index (χ3v) is 5.19. The van der Waals surface area contributed by atoms with Gasteiger partial charge in [0.2, 0.25) is 0 Å². The summed E-state index contributed by atoms with van der Waals surface area (Å²) in [7, 11) is 0. The third kappa shape index (κ3) is 4.88. The van der Waals surface area contributed by atoms with Gasteiger partial charge >= 0.3 is 6.03 Å². The summed E-state index contributed by atoms with van der Waals surface area (Å²) in [5.41, 5.74) is 1.86. The molecule has 5 nitrogen and oxygen atoms in total. The van der Waals surface area contributed by atoms with Crippen molar-refractivity contribution in [3.63, 3.8) is 0 Å². The summed E-state index contributed by atoms with van der Waals surface area (Å²) in [5.74, 6) is 0.863. The fraction of sp³-hybridized carbons (Fsp3) is 0.650. The first-order chi connectivity index (χ1) is 12.1. The van der Waals surface area contributed by atoms with Gasteiger partial charge in [0.1, 0.15) is 5.75 Å². The Morgan fingerprint density at radius 2 is 2.16 bits per heavy atom. The molecule has 1 aliphatic carbocycles. The minimum Gasteiger partial charge on any atom is -0.494 e. The van der Waals surface area contributed by atoms with Crippen LogP contribution in [0.25, 0.3) is 0 Å². The number of aryl methyl sites for hydroxylation is 1. The maximum Gasteiger partial charge on any atom is 0.319 e. The average Bonchev–Trinajstić information content (AvgIpc) is 3.34. The molecule has 0 aromatic heterocycles. The van der Waals surface area contributed by atoms with Gasteiger partial charge in [-0.05, 0) is 63.3 Å². The quantitative estimate of drug-likeness (QED) is 0.737. The lowest BCUT2D eigenvalue weighted by molar-refractivity contribution is 0.243. The Balaban J connectivity index is 1.49. The number of rotatable bonds is 7. The molecule has 3 rings (SSSR count). The van der Waals surface area contributed by atoms with Crippen LogP contribution in [0.3, 0.4) is 0 Å². The summed E-state index contributed by atoms with van der Waals surface area (Å²) in [5, 5.41) is 6.11. The molecule has 2 N–H and O–H groups in total. The summed E-state index contributed by atoms with van der Waals surface area (Å²) < 4.78 is 5.71. The molecule has 2 unspecified atom stereocenters. The number of benzene rings is 1. The Morgan fingerprint density at radius 3 is 2.84 bits per heavy atom. The van der Waals surface area contributed by atoms with Crippen LogP contribution < -0.4 is 15.4 Å². The van der Waals surface area contributed by atoms with E-state index >= 15 is 0 Å². The van der Waals surface area contributed by atoms with Gasteiger partial charge in [-0.2, -0.15) is 0 Å². The fourth-order valence-electron chi connectivity index (χ4n) is 3.62. The van der Waals surface area contributed by atoms with E-state index in [1.807, 2.05) is 25.1 Å². The van der Waals surface area contributed by atoms with E-state index in [2.05, 4.69) is 29.4 Å². The molecule has 2 aliphatic rings. The standard InChI is InChI=1S/C20H31N3O2/c1-4-5-10-25-18-8-9-19(14(2)11-18)22-20(24)21-16-12-15(3)23(13-16)17-6-7-17/h8-9,11,15-17H,4-7,10,12-13H2,1-3H3,(H2,21,22,24). The second kappa shape index (κ2) is 8.09. The molecular weight excluding hydrogens is 314 g/mol. The Labute approximate surface area is 151 Å². The van der Waals surface area contributed by atoms with Crippen molar-refractivity contribution in [3.8, 4) is 5.75 Å². The minimum absolute atomic E-state index is 0.113. The van der Waals surface area contributed by atoms with E-state index in [1.54, 1.807) is 0 Å². The van der Waals surface area contributed by atoms with Crippen molar-refractivity contribution in [1.82, 2.24) is 10.2 Å². The molecule has 5 heteroatoms. The van der Waals surface area contributed by atoms with E-state index in [4.69, 9.17) is 4.74 Å². The first kappa shape index (κ1) is 18.1. The van der Waals surface area contributed by atoms with Gasteiger partial charge in [0.05, 0.1) is 6.61 Å². The zero-order valence-corrected chi connectivity index (χ0v) is 15.7. The van der Waals surface area contributed by atoms with Crippen LogP contribution in [0, 0.1) is 6.92 Å². The number of nitrogens with one attached hydrogen (secondary N) is 2. The molecule has 2 atom stereocenters. The first-order valence-corrected chi connectivity index (χ1v) is 9.63. The molecule has 0 bridgehead atoms. The van der Waals surface area contributed by atoms with E-state index < -0.39 is 0 Å². The summed E-state index contributed by atoms with van der Waals surface area (Å²) in [4.78, 5) is 14.9. The molecular formula is C20H31N3O2. The van der Waals surface area contributed by atoms with Crippen LogP contribution >= 0.6 is 0 Å². The van der Waals surface area contributed by atoms with Crippen LogP contribution in [0.15, 0.2) is 18.2 Å². The van der Waals surface area contributed by atoms with Gasteiger partial charge < -0.3 is 15.4 Å². The van der Waals surface area contributed by atoms with E-state index in [0.717, 1.165) is 55.5 Å². The van der Waals surface area contributed by atoms with Crippen LogP contribution in [0.4, 0.5) is 10.5 Å². The monoisotopic (exact) mass is 345 g/mol. The molecule has 25 heavy (non-hydrogen) atoms. The van der Waals surface area contributed by atoms with Gasteiger partial charge in [0, 0.05) is 30.4 Å². The summed E-state index contributed by atoms with van der Waals surface area (Å²) in [6, 6.07) is 7.28. The number of carbonyl (C=O) groups excluding carboxylic acids is 1. The van der Waals surface area contributed by atoms with Gasteiger partial charge in [-0.3, -0.25) is 4.90 Å². The molecule has 138 valence electrons. The number of likely N-dealkylation sites (tertiary alicyclic amines) is 1. The Kier molecular flexibility index (Phi) is 5.84. The lowest BCUT2D eigenvalue weighted by atomic mass is 10.2. The number of ether oxygens (including phenoxy) is 1. The second-order valence-electron chi connectivity index (χ2n) is 7.49. The summed E-state index contributed by atoms with van der Waals surface area (Å²) >= 11 is 0. The molecule has 1 heterocycles. The van der Waals surface area contributed by atoms with Gasteiger partial charge in [-0.25, -0.2) is 4.79 Å². The lowest BCUT2D eigenvalue weighted by Crippen LogP contribution is -2.40. The fourth-order valence-corrected chi connectivity index (χ4v) is 3.62. The number of carbonyl (C=O) groups is 1. The van der Waals surface area contributed by atoms with Crippen LogP contribution in [0.1, 0.15) is 51.5 Å². The maximum absolute atomic E-state index is 12.3. The first-order valence-electron chi connectivity index (χ1n) is 9.63. The molecule has 1 saturated carbocycles. The highest BCUT2D eigenvalue weighted by Gasteiger charge is 2.39. The highest BCUT2D eigenvalue weighted by atomic mass is 16.5. The Morgan fingerprint density at radius 1 is 1.36 bits per heavy atom. The third-order valence-electron chi connectivity index (χ3n) is 5.19. The second-order valence-corrected chi connectivity index (χ2v) is 7.49. The number of hydrogen-bond acceptors (Lipinski definition) is 3. The molecule has 0 spiro atoms. The number of anilines is 1. The van der Waals surface area contributed by atoms with Crippen molar-refractivity contribution >= 4 is 11.7 Å². The highest BCUT2D eigenvalue weighted by Crippen LogP contribution is 2.33. The SMILES string of the molecule is CCCCOc1ccc(NC(=O)NC2CC(C)N(C3CC3)C2)c(C)c1. The molecule has 0 radical (unpaired) electrons. The van der Waals surface area contributed by atoms with Crippen LogP contribution in [-0.2, 0) is 0 Å². The topological polar surface area (TPSA) is 53.6 Å². The predicted octanol–water partition coefficient (Wildman–Crippen LogP) is 3.92. The van der Waals surface area contributed by atoms with E-state index in [0.29, 0.717) is 6.04 Å². The largest absolute Gasteiger partial charge is 0.494 e. The lowest BCUT2D eigenvalue weighted by Gasteiger charge is -2.19. The normalized spacial score (nSPS) is 23.5. The van der Waals surface area contributed by atoms with Gasteiger partial charge in [-0.15, -0.1) is 0 Å². The average molecular weight is 345 g/mol. The van der Waals surface area contributed by atoms with Gasteiger partial charge in [0.15, 0.2) is 0 Å². The zero-order valence-electron chi connectivity index (χ0n) is 15.7. The molecule has 2 fully saturated rings. The molecule has 1 aliphatic heterocycles.